The Morgan fingerprint density at radius 1 is 0.679 bits per heavy atom. The molecule has 0 N–H and O–H groups in total. The molecule has 1 heterocycles. The third-order valence-electron chi connectivity index (χ3n) is 3.89. The van der Waals surface area contributed by atoms with Gasteiger partial charge in [-0.1, -0.05) is 52.5 Å². The molecule has 0 aliphatic carbocycles. The smallest absolute Gasteiger partial charge is 0.0849 e. The van der Waals surface area contributed by atoms with Crippen molar-refractivity contribution < 1.29 is 0 Å². The van der Waals surface area contributed by atoms with Gasteiger partial charge < -0.3 is 0 Å². The van der Waals surface area contributed by atoms with Crippen LogP contribution in [0.15, 0.2) is 64.6 Å². The summed E-state index contributed by atoms with van der Waals surface area (Å²) in [4.78, 5) is 13.8. The quantitative estimate of drug-likeness (QED) is 0.371. The highest BCUT2D eigenvalue weighted by Gasteiger charge is 2.07. The maximum atomic E-state index is 6.21. The van der Waals surface area contributed by atoms with Crippen LogP contribution < -0.4 is 0 Å². The molecule has 0 spiro atoms. The summed E-state index contributed by atoms with van der Waals surface area (Å²) in [7, 11) is 0. The molecule has 2 aromatic carbocycles. The average Bonchev–Trinajstić information content (AvgIpc) is 2.66. The molecule has 0 saturated heterocycles. The van der Waals surface area contributed by atoms with Gasteiger partial charge >= 0.3 is 0 Å². The fourth-order valence-corrected chi connectivity index (χ4v) is 3.36. The molecule has 0 bridgehead atoms. The molecule has 3 aromatic rings. The van der Waals surface area contributed by atoms with Crippen LogP contribution in [0.2, 0.25) is 20.1 Å². The summed E-state index contributed by atoms with van der Waals surface area (Å²) in [5.74, 6) is 0. The highest BCUT2D eigenvalue weighted by atomic mass is 35.5. The van der Waals surface area contributed by atoms with Gasteiger partial charge in [-0.05, 0) is 62.4 Å². The maximum Gasteiger partial charge on any atom is 0.0849 e. The van der Waals surface area contributed by atoms with Crippen LogP contribution in [0.5, 0.6) is 0 Å². The largest absolute Gasteiger partial charge is 0.250 e. The minimum absolute atomic E-state index is 0.484. The molecule has 3 nitrogen and oxygen atoms in total. The van der Waals surface area contributed by atoms with Crippen LogP contribution in [0, 0.1) is 0 Å². The van der Waals surface area contributed by atoms with E-state index >= 15 is 0 Å². The predicted octanol–water partition coefficient (Wildman–Crippen LogP) is 7.98. The lowest BCUT2D eigenvalue weighted by atomic mass is 10.2. The van der Waals surface area contributed by atoms with E-state index in [4.69, 9.17) is 46.4 Å². The first-order chi connectivity index (χ1) is 13.3. The van der Waals surface area contributed by atoms with Gasteiger partial charge in [-0.25, -0.2) is 15.0 Å². The van der Waals surface area contributed by atoms with Gasteiger partial charge in [0.1, 0.15) is 0 Å². The van der Waals surface area contributed by atoms with Gasteiger partial charge in [-0.15, -0.1) is 0 Å². The van der Waals surface area contributed by atoms with E-state index in [0.717, 1.165) is 22.8 Å². The Bertz CT molecular complexity index is 1010. The molecule has 0 radical (unpaired) electrons. The second-order valence-electron chi connectivity index (χ2n) is 5.99. The monoisotopic (exact) mass is 449 g/mol. The van der Waals surface area contributed by atoms with Crippen molar-refractivity contribution in [3.05, 3.63) is 86.1 Å². The first-order valence-electron chi connectivity index (χ1n) is 8.32. The van der Waals surface area contributed by atoms with E-state index in [1.165, 1.54) is 0 Å². The first kappa shape index (κ1) is 20.8. The van der Waals surface area contributed by atoms with Crippen LogP contribution in [0.25, 0.3) is 0 Å². The zero-order chi connectivity index (χ0) is 20.3. The summed E-state index contributed by atoms with van der Waals surface area (Å²) in [5.41, 5.74) is 4.16. The molecule has 0 atom stereocenters. The number of aliphatic imine (C=N–C) groups is 2. The Morgan fingerprint density at radius 2 is 1.11 bits per heavy atom. The second-order valence-corrected chi connectivity index (χ2v) is 7.68. The number of rotatable bonds is 4. The number of aromatic nitrogens is 1. The molecular formula is C21H15Cl4N3. The number of nitrogens with zero attached hydrogens (tertiary/aromatic N) is 3. The van der Waals surface area contributed by atoms with Gasteiger partial charge in [0.15, 0.2) is 0 Å². The van der Waals surface area contributed by atoms with Crippen LogP contribution in [0.1, 0.15) is 25.2 Å². The van der Waals surface area contributed by atoms with Crippen LogP contribution in [-0.4, -0.2) is 16.4 Å². The van der Waals surface area contributed by atoms with Crippen LogP contribution in [0.4, 0.5) is 11.4 Å². The Hall–Kier alpha value is -1.91. The molecule has 0 amide bonds. The van der Waals surface area contributed by atoms with E-state index < -0.39 is 0 Å². The van der Waals surface area contributed by atoms with E-state index in [9.17, 15) is 0 Å². The summed E-state index contributed by atoms with van der Waals surface area (Å²) >= 11 is 24.3. The molecule has 0 aliphatic heterocycles. The lowest BCUT2D eigenvalue weighted by Crippen LogP contribution is -2.05. The topological polar surface area (TPSA) is 37.6 Å². The normalized spacial score (nSPS) is 12.4. The lowest BCUT2D eigenvalue weighted by molar-refractivity contribution is 1.24. The SMILES string of the molecule is CC(=Nc1ccc(Cl)cc1Cl)c1cccc(C(C)=Nc2ccc(Cl)cc2Cl)n1. The fourth-order valence-electron chi connectivity index (χ4n) is 2.46. The molecule has 1 aromatic heterocycles. The Labute approximate surface area is 183 Å². The third kappa shape index (κ3) is 5.12. The standard InChI is InChI=1S/C21H15Cl4N3/c1-12(26-20-8-6-14(22)10-16(20)24)18-4-3-5-19(28-18)13(2)27-21-9-7-15(23)11-17(21)25/h3-11H,1-2H3. The van der Waals surface area contributed by atoms with E-state index in [-0.39, 0.29) is 0 Å². The number of halogens is 4. The van der Waals surface area contributed by atoms with Gasteiger partial charge in [-0.3, -0.25) is 0 Å². The molecule has 0 unspecified atom stereocenters. The van der Waals surface area contributed by atoms with Crippen molar-refractivity contribution >= 4 is 69.2 Å². The molecule has 28 heavy (non-hydrogen) atoms. The Morgan fingerprint density at radius 3 is 1.50 bits per heavy atom. The number of hydrogen-bond acceptors (Lipinski definition) is 3. The zero-order valence-corrected chi connectivity index (χ0v) is 18.1. The van der Waals surface area contributed by atoms with Gasteiger partial charge in [0.25, 0.3) is 0 Å². The third-order valence-corrected chi connectivity index (χ3v) is 4.96. The van der Waals surface area contributed by atoms with Crippen molar-refractivity contribution in [2.45, 2.75) is 13.8 Å². The van der Waals surface area contributed by atoms with E-state index in [2.05, 4.69) is 15.0 Å². The van der Waals surface area contributed by atoms with E-state index in [1.807, 2.05) is 32.0 Å². The Balaban J connectivity index is 1.93. The number of benzene rings is 2. The summed E-state index contributed by atoms with van der Waals surface area (Å²) in [6, 6.07) is 16.0. The minimum atomic E-state index is 0.484. The van der Waals surface area contributed by atoms with Crippen molar-refractivity contribution in [3.63, 3.8) is 0 Å². The summed E-state index contributed by atoms with van der Waals surface area (Å²) in [6.07, 6.45) is 0. The van der Waals surface area contributed by atoms with E-state index in [0.29, 0.717) is 31.5 Å². The molecule has 3 rings (SSSR count). The van der Waals surface area contributed by atoms with E-state index in [1.54, 1.807) is 36.4 Å². The predicted molar refractivity (Wildman–Crippen MR) is 121 cm³/mol. The molecule has 0 saturated carbocycles. The van der Waals surface area contributed by atoms with Gasteiger partial charge in [0.2, 0.25) is 0 Å². The highest BCUT2D eigenvalue weighted by molar-refractivity contribution is 6.37. The van der Waals surface area contributed by atoms with Crippen molar-refractivity contribution in [2.75, 3.05) is 0 Å². The van der Waals surface area contributed by atoms with Crippen LogP contribution in [-0.2, 0) is 0 Å². The Kier molecular flexibility index (Phi) is 6.73. The van der Waals surface area contributed by atoms with Crippen LogP contribution in [0.3, 0.4) is 0 Å². The summed E-state index contributed by atoms with van der Waals surface area (Å²) in [5, 5.41) is 2.10. The fraction of sp³-hybridized carbons (Fsp3) is 0.0952. The van der Waals surface area contributed by atoms with Crippen molar-refractivity contribution in [1.82, 2.24) is 4.98 Å². The first-order valence-corrected chi connectivity index (χ1v) is 9.83. The van der Waals surface area contributed by atoms with Crippen molar-refractivity contribution in [2.24, 2.45) is 9.98 Å². The van der Waals surface area contributed by atoms with Crippen molar-refractivity contribution in [1.29, 1.82) is 0 Å². The number of hydrogen-bond donors (Lipinski definition) is 0. The van der Waals surface area contributed by atoms with Gasteiger partial charge in [0, 0.05) is 10.0 Å². The van der Waals surface area contributed by atoms with Crippen LogP contribution >= 0.6 is 46.4 Å². The maximum absolute atomic E-state index is 6.21. The highest BCUT2D eigenvalue weighted by Crippen LogP contribution is 2.29. The number of pyridine rings is 1. The van der Waals surface area contributed by atoms with Crippen molar-refractivity contribution in [3.8, 4) is 0 Å². The second kappa shape index (κ2) is 9.06. The molecule has 7 heteroatoms. The zero-order valence-electron chi connectivity index (χ0n) is 15.0. The molecular weight excluding hydrogens is 436 g/mol. The van der Waals surface area contributed by atoms with Gasteiger partial charge in [-0.2, -0.15) is 0 Å². The molecule has 0 aliphatic rings. The lowest BCUT2D eigenvalue weighted by Gasteiger charge is -2.06. The minimum Gasteiger partial charge on any atom is -0.250 e. The average molecular weight is 451 g/mol. The van der Waals surface area contributed by atoms with Gasteiger partial charge in [0.05, 0.1) is 44.2 Å². The summed E-state index contributed by atoms with van der Waals surface area (Å²) < 4.78 is 0. The molecule has 0 fully saturated rings. The molecule has 142 valence electrons. The summed E-state index contributed by atoms with van der Waals surface area (Å²) in [6.45, 7) is 3.75.